The Labute approximate surface area is 174 Å². The topological polar surface area (TPSA) is 41.1 Å². The third-order valence-corrected chi connectivity index (χ3v) is 6.40. The molecule has 0 spiro atoms. The van der Waals surface area contributed by atoms with E-state index in [0.717, 1.165) is 37.1 Å². The second-order valence-corrected chi connectivity index (χ2v) is 8.71. The van der Waals surface area contributed by atoms with Crippen molar-refractivity contribution in [3.8, 4) is 0 Å². The lowest BCUT2D eigenvalue weighted by molar-refractivity contribution is 0.0953. The van der Waals surface area contributed by atoms with Crippen molar-refractivity contribution in [2.75, 3.05) is 11.9 Å². The SMILES string of the molecule is CCCCNC(=O)c1ccc2c(c1)C1C=CCC1C(c1ccc(C(C)C)cc1)N2. The summed E-state index contributed by atoms with van der Waals surface area (Å²) in [5, 5.41) is 6.82. The Hall–Kier alpha value is -2.55. The first kappa shape index (κ1) is 19.8. The number of hydrogen-bond acceptors (Lipinski definition) is 2. The maximum atomic E-state index is 12.5. The van der Waals surface area contributed by atoms with E-state index in [2.05, 4.69) is 80.0 Å². The Balaban J connectivity index is 1.59. The summed E-state index contributed by atoms with van der Waals surface area (Å²) in [5.41, 5.74) is 5.90. The van der Waals surface area contributed by atoms with Crippen LogP contribution in [-0.2, 0) is 0 Å². The van der Waals surface area contributed by atoms with Crippen molar-refractivity contribution in [1.82, 2.24) is 5.32 Å². The fraction of sp³-hybridized carbons (Fsp3) is 0.423. The number of anilines is 1. The molecular formula is C26H32N2O. The first-order chi connectivity index (χ1) is 14.1. The van der Waals surface area contributed by atoms with Crippen molar-refractivity contribution in [1.29, 1.82) is 0 Å². The quantitative estimate of drug-likeness (QED) is 0.459. The zero-order valence-corrected chi connectivity index (χ0v) is 17.7. The van der Waals surface area contributed by atoms with Crippen LogP contribution in [0.4, 0.5) is 5.69 Å². The summed E-state index contributed by atoms with van der Waals surface area (Å²) < 4.78 is 0. The number of nitrogens with one attached hydrogen (secondary N) is 2. The Morgan fingerprint density at radius 3 is 2.69 bits per heavy atom. The molecule has 2 aromatic rings. The lowest BCUT2D eigenvalue weighted by Gasteiger charge is -2.37. The van der Waals surface area contributed by atoms with Crippen LogP contribution in [0, 0.1) is 5.92 Å². The van der Waals surface area contributed by atoms with E-state index in [4.69, 9.17) is 0 Å². The van der Waals surface area contributed by atoms with Gasteiger partial charge < -0.3 is 10.6 Å². The van der Waals surface area contributed by atoms with E-state index in [1.165, 1.54) is 16.7 Å². The smallest absolute Gasteiger partial charge is 0.251 e. The maximum absolute atomic E-state index is 12.5. The maximum Gasteiger partial charge on any atom is 0.251 e. The van der Waals surface area contributed by atoms with Crippen LogP contribution >= 0.6 is 0 Å². The molecule has 0 saturated carbocycles. The van der Waals surface area contributed by atoms with Gasteiger partial charge in [-0.05, 0) is 59.6 Å². The van der Waals surface area contributed by atoms with E-state index in [9.17, 15) is 4.79 Å². The van der Waals surface area contributed by atoms with Crippen molar-refractivity contribution in [3.63, 3.8) is 0 Å². The summed E-state index contributed by atoms with van der Waals surface area (Å²) in [6.07, 6.45) is 7.81. The van der Waals surface area contributed by atoms with Gasteiger partial charge in [-0.15, -0.1) is 0 Å². The molecule has 0 fully saturated rings. The molecule has 3 atom stereocenters. The molecule has 0 bridgehead atoms. The summed E-state index contributed by atoms with van der Waals surface area (Å²) in [6, 6.07) is 15.5. The third-order valence-electron chi connectivity index (χ3n) is 6.40. The number of hydrogen-bond donors (Lipinski definition) is 2. The van der Waals surface area contributed by atoms with Crippen LogP contribution in [0.25, 0.3) is 0 Å². The van der Waals surface area contributed by atoms with Gasteiger partial charge in [-0.25, -0.2) is 0 Å². The van der Waals surface area contributed by atoms with Crippen LogP contribution in [-0.4, -0.2) is 12.5 Å². The molecule has 2 N–H and O–H groups in total. The van der Waals surface area contributed by atoms with Crippen molar-refractivity contribution in [2.24, 2.45) is 5.92 Å². The summed E-state index contributed by atoms with van der Waals surface area (Å²) in [6.45, 7) is 7.34. The molecule has 1 aliphatic carbocycles. The molecule has 4 rings (SSSR count). The van der Waals surface area contributed by atoms with Crippen LogP contribution in [0.1, 0.15) is 85.0 Å². The molecule has 1 heterocycles. The van der Waals surface area contributed by atoms with E-state index >= 15 is 0 Å². The average molecular weight is 389 g/mol. The van der Waals surface area contributed by atoms with Gasteiger partial charge in [0.05, 0.1) is 6.04 Å². The molecule has 3 heteroatoms. The molecule has 3 unspecified atom stereocenters. The van der Waals surface area contributed by atoms with Crippen LogP contribution in [0.2, 0.25) is 0 Å². The van der Waals surface area contributed by atoms with E-state index in [0.29, 0.717) is 23.8 Å². The molecule has 0 radical (unpaired) electrons. The summed E-state index contributed by atoms with van der Waals surface area (Å²) in [5.74, 6) is 1.44. The van der Waals surface area contributed by atoms with Gasteiger partial charge in [-0.2, -0.15) is 0 Å². The monoisotopic (exact) mass is 388 g/mol. The second-order valence-electron chi connectivity index (χ2n) is 8.71. The predicted molar refractivity (Wildman–Crippen MR) is 121 cm³/mol. The molecule has 29 heavy (non-hydrogen) atoms. The van der Waals surface area contributed by atoms with E-state index < -0.39 is 0 Å². The standard InChI is InChI=1S/C26H32N2O/c1-4-5-15-27-26(29)20-13-14-24-23(16-20)21-7-6-8-22(21)25(28-24)19-11-9-18(10-12-19)17(2)3/h6-7,9-14,16-17,21-22,25,28H,4-5,8,15H2,1-3H3,(H,27,29). The number of carbonyl (C=O) groups is 1. The number of amides is 1. The Bertz CT molecular complexity index is 897. The number of fused-ring (bicyclic) bond motifs is 3. The highest BCUT2D eigenvalue weighted by molar-refractivity contribution is 5.95. The van der Waals surface area contributed by atoms with Crippen LogP contribution < -0.4 is 10.6 Å². The van der Waals surface area contributed by atoms with Gasteiger partial charge in [0.25, 0.3) is 5.91 Å². The molecule has 2 aliphatic rings. The Morgan fingerprint density at radius 1 is 1.17 bits per heavy atom. The highest BCUT2D eigenvalue weighted by atomic mass is 16.1. The number of carbonyl (C=O) groups excluding carboxylic acids is 1. The van der Waals surface area contributed by atoms with Crippen molar-refractivity contribution >= 4 is 11.6 Å². The highest BCUT2D eigenvalue weighted by Crippen LogP contribution is 2.50. The zero-order chi connectivity index (χ0) is 20.4. The van der Waals surface area contributed by atoms with Gasteiger partial charge in [-0.3, -0.25) is 4.79 Å². The largest absolute Gasteiger partial charge is 0.378 e. The number of rotatable bonds is 6. The number of unbranched alkanes of at least 4 members (excludes halogenated alkanes) is 1. The molecule has 3 nitrogen and oxygen atoms in total. The summed E-state index contributed by atoms with van der Waals surface area (Å²) in [7, 11) is 0. The summed E-state index contributed by atoms with van der Waals surface area (Å²) >= 11 is 0. The molecule has 1 amide bonds. The Kier molecular flexibility index (Phi) is 5.75. The first-order valence-electron chi connectivity index (χ1n) is 11.0. The highest BCUT2D eigenvalue weighted by Gasteiger charge is 2.38. The van der Waals surface area contributed by atoms with Gasteiger partial charge in [0.1, 0.15) is 0 Å². The van der Waals surface area contributed by atoms with Gasteiger partial charge in [0.15, 0.2) is 0 Å². The summed E-state index contributed by atoms with van der Waals surface area (Å²) in [4.78, 5) is 12.5. The molecule has 152 valence electrons. The molecule has 0 saturated heterocycles. The lowest BCUT2D eigenvalue weighted by atomic mass is 9.76. The minimum atomic E-state index is 0.0335. The second kappa shape index (κ2) is 8.44. The fourth-order valence-corrected chi connectivity index (χ4v) is 4.63. The third kappa shape index (κ3) is 3.96. The van der Waals surface area contributed by atoms with Crippen LogP contribution in [0.5, 0.6) is 0 Å². The first-order valence-corrected chi connectivity index (χ1v) is 11.0. The normalized spacial score (nSPS) is 22.1. The van der Waals surface area contributed by atoms with Gasteiger partial charge in [-0.1, -0.05) is 63.6 Å². The van der Waals surface area contributed by atoms with Gasteiger partial charge in [0.2, 0.25) is 0 Å². The Morgan fingerprint density at radius 2 is 1.97 bits per heavy atom. The zero-order valence-electron chi connectivity index (χ0n) is 17.7. The molecule has 1 aliphatic heterocycles. The van der Waals surface area contributed by atoms with Gasteiger partial charge >= 0.3 is 0 Å². The fourth-order valence-electron chi connectivity index (χ4n) is 4.63. The van der Waals surface area contributed by atoms with Crippen molar-refractivity contribution in [2.45, 2.75) is 57.9 Å². The number of allylic oxidation sites excluding steroid dienone is 2. The van der Waals surface area contributed by atoms with Gasteiger partial charge in [0, 0.05) is 23.7 Å². The average Bonchev–Trinajstić information content (AvgIpc) is 3.23. The molecule has 0 aromatic heterocycles. The predicted octanol–water partition coefficient (Wildman–Crippen LogP) is 6.17. The molecule has 2 aromatic carbocycles. The van der Waals surface area contributed by atoms with E-state index in [1.807, 2.05) is 6.07 Å². The lowest BCUT2D eigenvalue weighted by Crippen LogP contribution is -2.30. The van der Waals surface area contributed by atoms with E-state index in [1.54, 1.807) is 0 Å². The minimum absolute atomic E-state index is 0.0335. The minimum Gasteiger partial charge on any atom is -0.378 e. The molecular weight excluding hydrogens is 356 g/mol. The van der Waals surface area contributed by atoms with Crippen LogP contribution in [0.3, 0.4) is 0 Å². The van der Waals surface area contributed by atoms with Crippen LogP contribution in [0.15, 0.2) is 54.6 Å². The van der Waals surface area contributed by atoms with Crippen molar-refractivity contribution in [3.05, 3.63) is 76.9 Å². The van der Waals surface area contributed by atoms with E-state index in [-0.39, 0.29) is 5.91 Å². The van der Waals surface area contributed by atoms with Crippen molar-refractivity contribution < 1.29 is 4.79 Å². The number of benzene rings is 2.